The molecule has 0 aliphatic carbocycles. The van der Waals surface area contributed by atoms with E-state index in [1.807, 2.05) is 48.2 Å². The molecule has 136 valence electrons. The number of anilines is 1. The Labute approximate surface area is 153 Å². The first-order valence-electron chi connectivity index (χ1n) is 8.91. The Morgan fingerprint density at radius 1 is 1.08 bits per heavy atom. The number of hydrogen-bond acceptors (Lipinski definition) is 3. The summed E-state index contributed by atoms with van der Waals surface area (Å²) >= 11 is 0. The zero-order valence-electron chi connectivity index (χ0n) is 15.0. The first kappa shape index (κ1) is 17.9. The number of benzene rings is 1. The number of urea groups is 1. The van der Waals surface area contributed by atoms with Crippen LogP contribution < -0.4 is 5.32 Å². The van der Waals surface area contributed by atoms with Gasteiger partial charge in [0.25, 0.3) is 0 Å². The van der Waals surface area contributed by atoms with Gasteiger partial charge in [0.1, 0.15) is 0 Å². The highest BCUT2D eigenvalue weighted by atomic mass is 16.2. The number of hydrogen-bond donors (Lipinski definition) is 1. The summed E-state index contributed by atoms with van der Waals surface area (Å²) in [5.74, 6) is 0.0824. The molecule has 3 amide bonds. The van der Waals surface area contributed by atoms with Crippen molar-refractivity contribution in [1.82, 2.24) is 14.8 Å². The predicted octanol–water partition coefficient (Wildman–Crippen LogP) is 2.70. The first-order valence-corrected chi connectivity index (χ1v) is 8.91. The molecule has 0 spiro atoms. The van der Waals surface area contributed by atoms with Crippen molar-refractivity contribution in [2.75, 3.05) is 31.5 Å². The fourth-order valence-electron chi connectivity index (χ4n) is 3.08. The molecular weight excluding hydrogens is 328 g/mol. The fraction of sp³-hybridized carbons (Fsp3) is 0.350. The Morgan fingerprint density at radius 2 is 1.88 bits per heavy atom. The quantitative estimate of drug-likeness (QED) is 0.924. The topological polar surface area (TPSA) is 65.5 Å². The van der Waals surface area contributed by atoms with Gasteiger partial charge in [0.15, 0.2) is 0 Å². The summed E-state index contributed by atoms with van der Waals surface area (Å²) < 4.78 is 0. The second-order valence-electron chi connectivity index (χ2n) is 6.56. The van der Waals surface area contributed by atoms with Crippen molar-refractivity contribution in [3.05, 3.63) is 59.9 Å². The average molecular weight is 352 g/mol. The number of pyridine rings is 1. The Morgan fingerprint density at radius 3 is 2.65 bits per heavy atom. The van der Waals surface area contributed by atoms with Crippen LogP contribution in [-0.2, 0) is 11.2 Å². The van der Waals surface area contributed by atoms with Gasteiger partial charge in [-0.15, -0.1) is 0 Å². The number of amides is 3. The molecule has 1 aliphatic heterocycles. The number of nitrogens with one attached hydrogen (secondary N) is 1. The number of aromatic nitrogens is 1. The summed E-state index contributed by atoms with van der Waals surface area (Å²) in [5, 5.41) is 2.94. The number of carbonyl (C=O) groups excluding carboxylic acids is 2. The molecule has 0 radical (unpaired) electrons. The maximum absolute atomic E-state index is 12.5. The number of aryl methyl sites for hydroxylation is 1. The van der Waals surface area contributed by atoms with Crippen LogP contribution in [0.5, 0.6) is 0 Å². The van der Waals surface area contributed by atoms with Gasteiger partial charge in [0.05, 0.1) is 6.42 Å². The minimum absolute atomic E-state index is 0.0824. The minimum Gasteiger partial charge on any atom is -0.341 e. The molecule has 2 heterocycles. The average Bonchev–Trinajstić information content (AvgIpc) is 2.89. The van der Waals surface area contributed by atoms with Crippen LogP contribution in [0.2, 0.25) is 0 Å². The Kier molecular flexibility index (Phi) is 5.84. The number of carbonyl (C=O) groups is 2. The van der Waals surface area contributed by atoms with Crippen molar-refractivity contribution in [2.24, 2.45) is 0 Å². The van der Waals surface area contributed by atoms with E-state index in [1.165, 1.54) is 0 Å². The van der Waals surface area contributed by atoms with Gasteiger partial charge in [0, 0.05) is 44.3 Å². The lowest BCUT2D eigenvalue weighted by atomic mass is 10.2. The minimum atomic E-state index is -0.114. The Bertz CT molecular complexity index is 763. The van der Waals surface area contributed by atoms with Crippen LogP contribution in [0.4, 0.5) is 10.5 Å². The molecule has 1 aromatic heterocycles. The maximum atomic E-state index is 12.5. The second kappa shape index (κ2) is 8.47. The van der Waals surface area contributed by atoms with Crippen molar-refractivity contribution >= 4 is 17.6 Å². The van der Waals surface area contributed by atoms with Crippen LogP contribution in [0.15, 0.2) is 48.8 Å². The molecule has 2 aromatic rings. The van der Waals surface area contributed by atoms with Crippen LogP contribution in [0.1, 0.15) is 17.5 Å². The van der Waals surface area contributed by atoms with E-state index in [-0.39, 0.29) is 11.9 Å². The van der Waals surface area contributed by atoms with Gasteiger partial charge in [-0.3, -0.25) is 9.78 Å². The lowest BCUT2D eigenvalue weighted by molar-refractivity contribution is -0.130. The van der Waals surface area contributed by atoms with E-state index in [0.29, 0.717) is 32.6 Å². The monoisotopic (exact) mass is 352 g/mol. The Balaban J connectivity index is 1.54. The van der Waals surface area contributed by atoms with Gasteiger partial charge < -0.3 is 15.1 Å². The van der Waals surface area contributed by atoms with Crippen molar-refractivity contribution < 1.29 is 9.59 Å². The molecule has 1 saturated heterocycles. The van der Waals surface area contributed by atoms with Gasteiger partial charge in [-0.05, 0) is 42.7 Å². The van der Waals surface area contributed by atoms with E-state index < -0.39 is 0 Å². The van der Waals surface area contributed by atoms with E-state index in [9.17, 15) is 9.59 Å². The van der Waals surface area contributed by atoms with Crippen LogP contribution in [0.25, 0.3) is 0 Å². The summed E-state index contributed by atoms with van der Waals surface area (Å²) in [5.41, 5.74) is 2.81. The normalized spacial score (nSPS) is 14.7. The lowest BCUT2D eigenvalue weighted by Gasteiger charge is -2.22. The molecular formula is C20H24N4O2. The summed E-state index contributed by atoms with van der Waals surface area (Å²) in [6.45, 7) is 4.41. The third kappa shape index (κ3) is 4.81. The second-order valence-corrected chi connectivity index (χ2v) is 6.56. The van der Waals surface area contributed by atoms with Crippen molar-refractivity contribution in [2.45, 2.75) is 19.8 Å². The van der Waals surface area contributed by atoms with Crippen LogP contribution in [0, 0.1) is 6.92 Å². The van der Waals surface area contributed by atoms with Crippen molar-refractivity contribution in [1.29, 1.82) is 0 Å². The summed E-state index contributed by atoms with van der Waals surface area (Å²) in [6.07, 6.45) is 4.55. The fourth-order valence-corrected chi connectivity index (χ4v) is 3.08. The summed E-state index contributed by atoms with van der Waals surface area (Å²) in [4.78, 5) is 32.7. The standard InChI is InChI=1S/C20H24N4O2/c1-16-5-2-7-18(13-16)22-20(26)24-10-4-9-23(11-12-24)19(25)14-17-6-3-8-21-15-17/h2-3,5-8,13,15H,4,9-12,14H2,1H3,(H,22,26). The molecule has 3 rings (SSSR count). The third-order valence-electron chi connectivity index (χ3n) is 4.48. The van der Waals surface area contributed by atoms with Crippen molar-refractivity contribution in [3.8, 4) is 0 Å². The lowest BCUT2D eigenvalue weighted by Crippen LogP contribution is -2.39. The highest BCUT2D eigenvalue weighted by Gasteiger charge is 2.22. The summed E-state index contributed by atoms with van der Waals surface area (Å²) in [6, 6.07) is 11.4. The third-order valence-corrected chi connectivity index (χ3v) is 4.48. The SMILES string of the molecule is Cc1cccc(NC(=O)N2CCCN(C(=O)Cc3cccnc3)CC2)c1. The molecule has 1 fully saturated rings. The van der Waals surface area contributed by atoms with Crippen molar-refractivity contribution in [3.63, 3.8) is 0 Å². The molecule has 6 nitrogen and oxygen atoms in total. The largest absolute Gasteiger partial charge is 0.341 e. The van der Waals surface area contributed by atoms with Crippen LogP contribution in [0.3, 0.4) is 0 Å². The number of nitrogens with zero attached hydrogens (tertiary/aromatic N) is 3. The smallest absolute Gasteiger partial charge is 0.321 e. The molecule has 1 aliphatic rings. The molecule has 0 bridgehead atoms. The van der Waals surface area contributed by atoms with Crippen LogP contribution in [-0.4, -0.2) is 52.9 Å². The van der Waals surface area contributed by atoms with E-state index in [4.69, 9.17) is 0 Å². The maximum Gasteiger partial charge on any atom is 0.321 e. The predicted molar refractivity (Wildman–Crippen MR) is 101 cm³/mol. The highest BCUT2D eigenvalue weighted by Crippen LogP contribution is 2.12. The van der Waals surface area contributed by atoms with Crippen LogP contribution >= 0.6 is 0 Å². The molecule has 0 atom stereocenters. The molecule has 26 heavy (non-hydrogen) atoms. The Hall–Kier alpha value is -2.89. The zero-order valence-corrected chi connectivity index (χ0v) is 15.0. The highest BCUT2D eigenvalue weighted by molar-refractivity contribution is 5.89. The first-order chi connectivity index (χ1) is 12.6. The molecule has 0 unspecified atom stereocenters. The van der Waals surface area contributed by atoms with Gasteiger partial charge in [0.2, 0.25) is 5.91 Å². The molecule has 1 aromatic carbocycles. The summed E-state index contributed by atoms with van der Waals surface area (Å²) in [7, 11) is 0. The van der Waals surface area contributed by atoms with Gasteiger partial charge in [-0.1, -0.05) is 18.2 Å². The van der Waals surface area contributed by atoms with E-state index in [2.05, 4.69) is 10.3 Å². The van der Waals surface area contributed by atoms with E-state index in [1.54, 1.807) is 17.3 Å². The van der Waals surface area contributed by atoms with Gasteiger partial charge in [-0.2, -0.15) is 0 Å². The van der Waals surface area contributed by atoms with E-state index in [0.717, 1.165) is 23.2 Å². The number of rotatable bonds is 3. The molecule has 6 heteroatoms. The van der Waals surface area contributed by atoms with Gasteiger partial charge >= 0.3 is 6.03 Å². The van der Waals surface area contributed by atoms with E-state index >= 15 is 0 Å². The molecule has 0 saturated carbocycles. The molecule has 1 N–H and O–H groups in total. The zero-order chi connectivity index (χ0) is 18.4. The van der Waals surface area contributed by atoms with Gasteiger partial charge in [-0.25, -0.2) is 4.79 Å².